The lowest BCUT2D eigenvalue weighted by atomic mass is 10.00. The van der Waals surface area contributed by atoms with E-state index in [2.05, 4.69) is 13.8 Å². The second-order valence-electron chi connectivity index (χ2n) is 5.89. The summed E-state index contributed by atoms with van der Waals surface area (Å²) in [5, 5.41) is 19.6. The summed E-state index contributed by atoms with van der Waals surface area (Å²) in [6.45, 7) is 4.40. The Kier molecular flexibility index (Phi) is 14.3. The first kappa shape index (κ1) is 18.9. The van der Waals surface area contributed by atoms with Gasteiger partial charge >= 0.3 is 0 Å². The van der Waals surface area contributed by atoms with Crippen molar-refractivity contribution in [2.45, 2.75) is 110 Å². The SMILES string of the molecule is CCCCCCCCCC[C@@H](O)[C@H](O)CCCCC. The highest BCUT2D eigenvalue weighted by Crippen LogP contribution is 2.14. The topological polar surface area (TPSA) is 40.5 Å². The van der Waals surface area contributed by atoms with Gasteiger partial charge in [0.1, 0.15) is 0 Å². The van der Waals surface area contributed by atoms with Crippen molar-refractivity contribution in [1.29, 1.82) is 0 Å². The molecular weight excluding hydrogens is 236 g/mol. The molecule has 0 aromatic heterocycles. The lowest BCUT2D eigenvalue weighted by molar-refractivity contribution is 0.00718. The molecule has 116 valence electrons. The van der Waals surface area contributed by atoms with Crippen molar-refractivity contribution >= 4 is 0 Å². The van der Waals surface area contributed by atoms with Gasteiger partial charge in [-0.3, -0.25) is 0 Å². The monoisotopic (exact) mass is 272 g/mol. The summed E-state index contributed by atoms with van der Waals surface area (Å²) in [6, 6.07) is 0. The molecule has 0 rings (SSSR count). The predicted molar refractivity (Wildman–Crippen MR) is 83.4 cm³/mol. The van der Waals surface area contributed by atoms with E-state index in [1.807, 2.05) is 0 Å². The van der Waals surface area contributed by atoms with E-state index < -0.39 is 12.2 Å². The summed E-state index contributed by atoms with van der Waals surface area (Å²) in [7, 11) is 0. The number of hydrogen-bond acceptors (Lipinski definition) is 2. The molecule has 0 saturated carbocycles. The van der Waals surface area contributed by atoms with Gasteiger partial charge in [0.05, 0.1) is 12.2 Å². The van der Waals surface area contributed by atoms with Crippen LogP contribution < -0.4 is 0 Å². The zero-order valence-corrected chi connectivity index (χ0v) is 13.2. The molecule has 0 aliphatic rings. The molecule has 0 radical (unpaired) electrons. The van der Waals surface area contributed by atoms with Gasteiger partial charge in [-0.2, -0.15) is 0 Å². The molecule has 2 atom stereocenters. The van der Waals surface area contributed by atoms with Crippen LogP contribution in [0.1, 0.15) is 97.3 Å². The molecule has 0 aliphatic heterocycles. The van der Waals surface area contributed by atoms with Gasteiger partial charge in [-0.15, -0.1) is 0 Å². The van der Waals surface area contributed by atoms with Crippen LogP contribution in [0.2, 0.25) is 0 Å². The van der Waals surface area contributed by atoms with Crippen molar-refractivity contribution in [2.24, 2.45) is 0 Å². The molecule has 19 heavy (non-hydrogen) atoms. The van der Waals surface area contributed by atoms with Crippen LogP contribution in [-0.4, -0.2) is 22.4 Å². The lowest BCUT2D eigenvalue weighted by Crippen LogP contribution is -2.25. The molecule has 0 unspecified atom stereocenters. The second-order valence-corrected chi connectivity index (χ2v) is 5.89. The van der Waals surface area contributed by atoms with E-state index in [4.69, 9.17) is 0 Å². The van der Waals surface area contributed by atoms with E-state index in [1.54, 1.807) is 0 Å². The van der Waals surface area contributed by atoms with E-state index >= 15 is 0 Å². The number of hydrogen-bond donors (Lipinski definition) is 2. The Balaban J connectivity index is 3.29. The minimum Gasteiger partial charge on any atom is -0.390 e. The largest absolute Gasteiger partial charge is 0.390 e. The Morgan fingerprint density at radius 3 is 1.32 bits per heavy atom. The van der Waals surface area contributed by atoms with Gasteiger partial charge in [0.15, 0.2) is 0 Å². The van der Waals surface area contributed by atoms with Gasteiger partial charge in [-0.25, -0.2) is 0 Å². The summed E-state index contributed by atoms with van der Waals surface area (Å²) < 4.78 is 0. The molecule has 2 N–H and O–H groups in total. The van der Waals surface area contributed by atoms with E-state index in [9.17, 15) is 10.2 Å². The van der Waals surface area contributed by atoms with Gasteiger partial charge < -0.3 is 10.2 Å². The fraction of sp³-hybridized carbons (Fsp3) is 1.00. The van der Waals surface area contributed by atoms with Gasteiger partial charge in [0, 0.05) is 0 Å². The van der Waals surface area contributed by atoms with Crippen molar-refractivity contribution in [3.05, 3.63) is 0 Å². The average molecular weight is 272 g/mol. The van der Waals surface area contributed by atoms with Gasteiger partial charge in [-0.05, 0) is 12.8 Å². The van der Waals surface area contributed by atoms with Crippen LogP contribution in [0.4, 0.5) is 0 Å². The molecular formula is C17H36O2. The maximum atomic E-state index is 9.84. The maximum Gasteiger partial charge on any atom is 0.0799 e. The van der Waals surface area contributed by atoms with Crippen molar-refractivity contribution in [1.82, 2.24) is 0 Å². The number of aliphatic hydroxyl groups is 2. The smallest absolute Gasteiger partial charge is 0.0799 e. The first-order valence-corrected chi connectivity index (χ1v) is 8.58. The number of aliphatic hydroxyl groups excluding tert-OH is 2. The Bertz CT molecular complexity index is 171. The zero-order chi connectivity index (χ0) is 14.3. The summed E-state index contributed by atoms with van der Waals surface area (Å²) in [5.74, 6) is 0. The minimum atomic E-state index is -0.504. The van der Waals surface area contributed by atoms with Crippen molar-refractivity contribution in [3.8, 4) is 0 Å². The van der Waals surface area contributed by atoms with E-state index in [0.29, 0.717) is 0 Å². The minimum absolute atomic E-state index is 0.503. The average Bonchev–Trinajstić information content (AvgIpc) is 2.41. The van der Waals surface area contributed by atoms with Gasteiger partial charge in [0.2, 0.25) is 0 Å². The van der Waals surface area contributed by atoms with E-state index in [1.165, 1.54) is 51.4 Å². The van der Waals surface area contributed by atoms with Crippen LogP contribution in [0.25, 0.3) is 0 Å². The molecule has 0 fully saturated rings. The highest BCUT2D eigenvalue weighted by molar-refractivity contribution is 4.67. The van der Waals surface area contributed by atoms with Crippen LogP contribution in [0.15, 0.2) is 0 Å². The second kappa shape index (κ2) is 14.3. The Labute approximate surface area is 120 Å². The van der Waals surface area contributed by atoms with Crippen molar-refractivity contribution in [2.75, 3.05) is 0 Å². The van der Waals surface area contributed by atoms with Crippen molar-refractivity contribution < 1.29 is 10.2 Å². The first-order valence-electron chi connectivity index (χ1n) is 8.58. The van der Waals surface area contributed by atoms with E-state index in [-0.39, 0.29) is 0 Å². The van der Waals surface area contributed by atoms with Crippen LogP contribution in [0.3, 0.4) is 0 Å². The molecule has 0 aromatic rings. The third kappa shape index (κ3) is 12.7. The quantitative estimate of drug-likeness (QED) is 0.445. The lowest BCUT2D eigenvalue weighted by Gasteiger charge is -2.17. The predicted octanol–water partition coefficient (Wildman–Crippen LogP) is 4.82. The molecule has 2 heteroatoms. The molecule has 0 aromatic carbocycles. The summed E-state index contributed by atoms with van der Waals surface area (Å²) in [5.41, 5.74) is 0. The Hall–Kier alpha value is -0.0800. The van der Waals surface area contributed by atoms with Crippen LogP contribution in [0, 0.1) is 0 Å². The molecule has 0 heterocycles. The van der Waals surface area contributed by atoms with Crippen LogP contribution >= 0.6 is 0 Å². The van der Waals surface area contributed by atoms with Crippen molar-refractivity contribution in [3.63, 3.8) is 0 Å². The molecule has 0 amide bonds. The maximum absolute atomic E-state index is 9.84. The first-order chi connectivity index (χ1) is 9.22. The van der Waals surface area contributed by atoms with Gasteiger partial charge in [0.25, 0.3) is 0 Å². The van der Waals surface area contributed by atoms with E-state index in [0.717, 1.165) is 32.1 Å². The zero-order valence-electron chi connectivity index (χ0n) is 13.2. The molecule has 0 spiro atoms. The highest BCUT2D eigenvalue weighted by atomic mass is 16.3. The Morgan fingerprint density at radius 2 is 0.842 bits per heavy atom. The molecule has 0 bridgehead atoms. The summed E-state index contributed by atoms with van der Waals surface area (Å²) in [4.78, 5) is 0. The van der Waals surface area contributed by atoms with Gasteiger partial charge in [-0.1, -0.05) is 84.5 Å². The molecule has 0 aliphatic carbocycles. The number of unbranched alkanes of at least 4 members (excludes halogenated alkanes) is 9. The summed E-state index contributed by atoms with van der Waals surface area (Å²) >= 11 is 0. The normalized spacial score (nSPS) is 14.5. The van der Waals surface area contributed by atoms with Crippen LogP contribution in [0.5, 0.6) is 0 Å². The summed E-state index contributed by atoms with van der Waals surface area (Å²) in [6.07, 6.45) is 14.1. The molecule has 2 nitrogen and oxygen atoms in total. The fourth-order valence-corrected chi connectivity index (χ4v) is 2.48. The Morgan fingerprint density at radius 1 is 0.526 bits per heavy atom. The number of rotatable bonds is 14. The third-order valence-electron chi connectivity index (χ3n) is 3.90. The highest BCUT2D eigenvalue weighted by Gasteiger charge is 2.14. The van der Waals surface area contributed by atoms with Crippen LogP contribution in [-0.2, 0) is 0 Å². The molecule has 0 saturated heterocycles. The fourth-order valence-electron chi connectivity index (χ4n) is 2.48. The standard InChI is InChI=1S/C17H36O2/c1-3-5-7-8-9-10-11-13-15-17(19)16(18)14-12-6-4-2/h16-19H,3-15H2,1-2H3/t16-,17-/m1/s1. The third-order valence-corrected chi connectivity index (χ3v) is 3.90.